The highest BCUT2D eigenvalue weighted by molar-refractivity contribution is 9.10. The minimum absolute atomic E-state index is 0.213. The van der Waals surface area contributed by atoms with Gasteiger partial charge in [-0.15, -0.1) is 0 Å². The number of primary amides is 1. The van der Waals surface area contributed by atoms with Crippen LogP contribution in [0.2, 0.25) is 0 Å². The molecule has 0 aliphatic carbocycles. The van der Waals surface area contributed by atoms with E-state index in [4.69, 9.17) is 10.5 Å². The summed E-state index contributed by atoms with van der Waals surface area (Å²) in [5.41, 5.74) is 6.35. The number of carbonyl (C=O) groups is 1. The van der Waals surface area contributed by atoms with Crippen molar-refractivity contribution in [3.8, 4) is 5.75 Å². The molecule has 0 aromatic heterocycles. The number of halogens is 2. The van der Waals surface area contributed by atoms with Crippen LogP contribution in [0.5, 0.6) is 5.75 Å². The maximum Gasteiger partial charge on any atom is 0.252 e. The zero-order valence-electron chi connectivity index (χ0n) is 9.90. The Hall–Kier alpha value is -1.88. The second-order valence-electron chi connectivity index (χ2n) is 3.88. The van der Waals surface area contributed by atoms with Crippen LogP contribution in [0.25, 0.3) is 0 Å². The standard InChI is InChI=1S/C14H11BrFNO2/c15-12-7-10(16)6-5-9(12)8-19-13-4-2-1-3-11(13)14(17)18/h1-7H,8H2,(H2,17,18). The zero-order valence-corrected chi connectivity index (χ0v) is 11.5. The van der Waals surface area contributed by atoms with Gasteiger partial charge in [0, 0.05) is 10.0 Å². The van der Waals surface area contributed by atoms with Crippen molar-refractivity contribution in [2.24, 2.45) is 5.73 Å². The molecule has 0 aliphatic rings. The fourth-order valence-corrected chi connectivity index (χ4v) is 2.06. The molecule has 1 amide bonds. The predicted octanol–water partition coefficient (Wildman–Crippen LogP) is 3.27. The Balaban J connectivity index is 2.17. The SMILES string of the molecule is NC(=O)c1ccccc1OCc1ccc(F)cc1Br. The van der Waals surface area contributed by atoms with E-state index in [0.29, 0.717) is 15.8 Å². The van der Waals surface area contributed by atoms with Crippen molar-refractivity contribution in [1.29, 1.82) is 0 Å². The average molecular weight is 324 g/mol. The Bertz CT molecular complexity index is 616. The second-order valence-corrected chi connectivity index (χ2v) is 4.74. The van der Waals surface area contributed by atoms with Crippen LogP contribution in [0.1, 0.15) is 15.9 Å². The Kier molecular flexibility index (Phi) is 4.16. The number of hydrogen-bond donors (Lipinski definition) is 1. The highest BCUT2D eigenvalue weighted by atomic mass is 79.9. The first-order valence-electron chi connectivity index (χ1n) is 5.53. The maximum absolute atomic E-state index is 12.9. The largest absolute Gasteiger partial charge is 0.488 e. The number of nitrogens with two attached hydrogens (primary N) is 1. The normalized spacial score (nSPS) is 10.2. The number of hydrogen-bond acceptors (Lipinski definition) is 2. The summed E-state index contributed by atoms with van der Waals surface area (Å²) in [6.07, 6.45) is 0. The summed E-state index contributed by atoms with van der Waals surface area (Å²) >= 11 is 3.26. The van der Waals surface area contributed by atoms with E-state index in [-0.39, 0.29) is 12.4 Å². The predicted molar refractivity (Wildman–Crippen MR) is 73.4 cm³/mol. The summed E-state index contributed by atoms with van der Waals surface area (Å²) in [4.78, 5) is 11.2. The van der Waals surface area contributed by atoms with Crippen LogP contribution in [0.4, 0.5) is 4.39 Å². The van der Waals surface area contributed by atoms with E-state index in [1.807, 2.05) is 0 Å². The lowest BCUT2D eigenvalue weighted by atomic mass is 10.2. The van der Waals surface area contributed by atoms with E-state index in [1.165, 1.54) is 12.1 Å². The lowest BCUT2D eigenvalue weighted by molar-refractivity contribution is 0.0996. The van der Waals surface area contributed by atoms with E-state index in [1.54, 1.807) is 30.3 Å². The van der Waals surface area contributed by atoms with Crippen molar-refractivity contribution in [1.82, 2.24) is 0 Å². The van der Waals surface area contributed by atoms with E-state index >= 15 is 0 Å². The van der Waals surface area contributed by atoms with Gasteiger partial charge < -0.3 is 10.5 Å². The van der Waals surface area contributed by atoms with Gasteiger partial charge in [0.05, 0.1) is 5.56 Å². The number of ether oxygens (including phenoxy) is 1. The lowest BCUT2D eigenvalue weighted by Crippen LogP contribution is -2.13. The molecule has 2 aromatic rings. The molecule has 98 valence electrons. The van der Waals surface area contributed by atoms with E-state index < -0.39 is 5.91 Å². The molecule has 0 radical (unpaired) electrons. The molecule has 0 saturated heterocycles. The summed E-state index contributed by atoms with van der Waals surface area (Å²) in [5, 5.41) is 0. The van der Waals surface area contributed by atoms with Gasteiger partial charge in [-0.25, -0.2) is 4.39 Å². The Labute approximate surface area is 118 Å². The van der Waals surface area contributed by atoms with Crippen LogP contribution in [-0.2, 0) is 6.61 Å². The number of amides is 1. The molecule has 0 heterocycles. The van der Waals surface area contributed by atoms with Crippen molar-refractivity contribution in [2.45, 2.75) is 6.61 Å². The van der Waals surface area contributed by atoms with Gasteiger partial charge in [0.25, 0.3) is 5.91 Å². The summed E-state index contributed by atoms with van der Waals surface area (Å²) < 4.78 is 19.1. The number of rotatable bonds is 4. The van der Waals surface area contributed by atoms with Crippen molar-refractivity contribution in [3.05, 3.63) is 63.9 Å². The smallest absolute Gasteiger partial charge is 0.252 e. The Morgan fingerprint density at radius 3 is 2.68 bits per heavy atom. The molecule has 3 nitrogen and oxygen atoms in total. The topological polar surface area (TPSA) is 52.3 Å². The first-order chi connectivity index (χ1) is 9.08. The highest BCUT2D eigenvalue weighted by Crippen LogP contribution is 2.22. The minimum Gasteiger partial charge on any atom is -0.488 e. The van der Waals surface area contributed by atoms with Crippen LogP contribution in [-0.4, -0.2) is 5.91 Å². The molecule has 2 rings (SSSR count). The third kappa shape index (κ3) is 3.32. The lowest BCUT2D eigenvalue weighted by Gasteiger charge is -2.10. The van der Waals surface area contributed by atoms with Gasteiger partial charge in [-0.05, 0) is 24.3 Å². The van der Waals surface area contributed by atoms with Gasteiger partial charge in [-0.1, -0.05) is 34.1 Å². The van der Waals surface area contributed by atoms with Gasteiger partial charge in [0.1, 0.15) is 18.2 Å². The van der Waals surface area contributed by atoms with Crippen molar-refractivity contribution in [2.75, 3.05) is 0 Å². The van der Waals surface area contributed by atoms with Crippen LogP contribution < -0.4 is 10.5 Å². The molecule has 0 fully saturated rings. The van der Waals surface area contributed by atoms with Crippen molar-refractivity contribution in [3.63, 3.8) is 0 Å². The number of benzene rings is 2. The second kappa shape index (κ2) is 5.84. The first kappa shape index (κ1) is 13.5. The maximum atomic E-state index is 12.9. The number of carbonyl (C=O) groups excluding carboxylic acids is 1. The highest BCUT2D eigenvalue weighted by Gasteiger charge is 2.09. The summed E-state index contributed by atoms with van der Waals surface area (Å²) in [6, 6.07) is 11.0. The molecular formula is C14H11BrFNO2. The van der Waals surface area contributed by atoms with Crippen molar-refractivity contribution < 1.29 is 13.9 Å². The molecule has 0 unspecified atom stereocenters. The molecule has 2 aromatic carbocycles. The third-order valence-corrected chi connectivity index (χ3v) is 3.29. The van der Waals surface area contributed by atoms with E-state index in [9.17, 15) is 9.18 Å². The van der Waals surface area contributed by atoms with E-state index in [2.05, 4.69) is 15.9 Å². The molecule has 0 aliphatic heterocycles. The summed E-state index contributed by atoms with van der Waals surface area (Å²) in [5.74, 6) is -0.465. The molecule has 0 saturated carbocycles. The first-order valence-corrected chi connectivity index (χ1v) is 6.33. The molecule has 0 atom stereocenters. The number of para-hydroxylation sites is 1. The molecule has 19 heavy (non-hydrogen) atoms. The van der Waals surface area contributed by atoms with Gasteiger partial charge in [0.2, 0.25) is 0 Å². The van der Waals surface area contributed by atoms with Crippen LogP contribution in [0.15, 0.2) is 46.9 Å². The molecule has 5 heteroatoms. The quantitative estimate of drug-likeness (QED) is 0.938. The van der Waals surface area contributed by atoms with Crippen LogP contribution >= 0.6 is 15.9 Å². The monoisotopic (exact) mass is 323 g/mol. The van der Waals surface area contributed by atoms with Gasteiger partial charge in [-0.3, -0.25) is 4.79 Å². The van der Waals surface area contributed by atoms with Crippen LogP contribution in [0, 0.1) is 5.82 Å². The van der Waals surface area contributed by atoms with E-state index in [0.717, 1.165) is 5.56 Å². The van der Waals surface area contributed by atoms with Crippen LogP contribution in [0.3, 0.4) is 0 Å². The molecular weight excluding hydrogens is 313 g/mol. The van der Waals surface area contributed by atoms with Gasteiger partial charge in [-0.2, -0.15) is 0 Å². The summed E-state index contributed by atoms with van der Waals surface area (Å²) in [6.45, 7) is 0.213. The minimum atomic E-state index is -0.547. The molecule has 2 N–H and O–H groups in total. The summed E-state index contributed by atoms with van der Waals surface area (Å²) in [7, 11) is 0. The molecule has 0 spiro atoms. The van der Waals surface area contributed by atoms with Crippen molar-refractivity contribution >= 4 is 21.8 Å². The van der Waals surface area contributed by atoms with Gasteiger partial charge in [0.15, 0.2) is 0 Å². The third-order valence-electron chi connectivity index (χ3n) is 2.55. The fraction of sp³-hybridized carbons (Fsp3) is 0.0714. The Morgan fingerprint density at radius 1 is 1.26 bits per heavy atom. The average Bonchev–Trinajstić information content (AvgIpc) is 2.38. The fourth-order valence-electron chi connectivity index (χ4n) is 1.59. The zero-order chi connectivity index (χ0) is 13.8. The Morgan fingerprint density at radius 2 is 2.00 bits per heavy atom. The molecule has 0 bridgehead atoms. The van der Waals surface area contributed by atoms with Gasteiger partial charge >= 0.3 is 0 Å².